The predicted molar refractivity (Wildman–Crippen MR) is 79.5 cm³/mol. The third-order valence-electron chi connectivity index (χ3n) is 3.28. The van der Waals surface area contributed by atoms with Gasteiger partial charge in [-0.2, -0.15) is 0 Å². The third-order valence-corrected chi connectivity index (χ3v) is 3.28. The maximum absolute atomic E-state index is 11.1. The summed E-state index contributed by atoms with van der Waals surface area (Å²) in [5.74, 6) is 0.897. The summed E-state index contributed by atoms with van der Waals surface area (Å²) in [6.45, 7) is 6.99. The van der Waals surface area contributed by atoms with Gasteiger partial charge >= 0.3 is 5.69 Å². The third kappa shape index (κ3) is 4.68. The molecule has 1 saturated heterocycles. The van der Waals surface area contributed by atoms with E-state index in [0.717, 1.165) is 18.5 Å². The molecule has 0 aliphatic carbocycles. The first kappa shape index (κ1) is 15.7. The van der Waals surface area contributed by atoms with Crippen molar-refractivity contribution in [2.75, 3.05) is 19.8 Å². The van der Waals surface area contributed by atoms with E-state index in [1.807, 2.05) is 0 Å². The van der Waals surface area contributed by atoms with Crippen LogP contribution in [-0.4, -0.2) is 30.8 Å². The maximum atomic E-state index is 11.1. The summed E-state index contributed by atoms with van der Waals surface area (Å²) in [6, 6.07) is 5.03. The summed E-state index contributed by atoms with van der Waals surface area (Å²) >= 11 is 0. The van der Waals surface area contributed by atoms with E-state index < -0.39 is 4.92 Å². The highest BCUT2D eigenvalue weighted by Gasteiger charge is 2.22. The lowest BCUT2D eigenvalue weighted by molar-refractivity contribution is -0.386. The summed E-state index contributed by atoms with van der Waals surface area (Å²) in [5.41, 5.74) is 0.990. The minimum absolute atomic E-state index is 0.00881. The molecule has 1 unspecified atom stereocenters. The summed E-state index contributed by atoms with van der Waals surface area (Å²) in [4.78, 5) is 10.7. The standard InChI is InChI=1S/C15H22N2O4/c1-11(2)8-16-9-12-3-4-14(17(18)19)15(7-12)21-13-5-6-20-10-13/h3-4,7,11,13,16H,5-6,8-10H2,1-2H3. The van der Waals surface area contributed by atoms with Gasteiger partial charge in [0.2, 0.25) is 0 Å². The summed E-state index contributed by atoms with van der Waals surface area (Å²) in [6.07, 6.45) is 0.676. The monoisotopic (exact) mass is 294 g/mol. The van der Waals surface area contributed by atoms with Crippen LogP contribution >= 0.6 is 0 Å². The van der Waals surface area contributed by atoms with Crippen LogP contribution in [0.3, 0.4) is 0 Å². The Bertz CT molecular complexity index is 485. The second-order valence-corrected chi connectivity index (χ2v) is 5.69. The number of rotatable bonds is 7. The largest absolute Gasteiger partial charge is 0.481 e. The van der Waals surface area contributed by atoms with Gasteiger partial charge in [-0.15, -0.1) is 0 Å². The Hall–Kier alpha value is -1.66. The Morgan fingerprint density at radius 1 is 1.52 bits per heavy atom. The average Bonchev–Trinajstić information content (AvgIpc) is 2.91. The number of ether oxygens (including phenoxy) is 2. The first-order chi connectivity index (χ1) is 10.1. The molecule has 1 fully saturated rings. The van der Waals surface area contributed by atoms with Gasteiger partial charge in [-0.1, -0.05) is 19.9 Å². The molecule has 0 radical (unpaired) electrons. The molecule has 1 aromatic carbocycles. The van der Waals surface area contributed by atoms with Crippen molar-refractivity contribution in [1.82, 2.24) is 5.32 Å². The molecule has 0 aromatic heterocycles. The van der Waals surface area contributed by atoms with Gasteiger partial charge in [-0.3, -0.25) is 10.1 Å². The van der Waals surface area contributed by atoms with Gasteiger partial charge in [-0.25, -0.2) is 0 Å². The van der Waals surface area contributed by atoms with E-state index in [1.54, 1.807) is 12.1 Å². The molecule has 21 heavy (non-hydrogen) atoms. The zero-order valence-corrected chi connectivity index (χ0v) is 12.5. The van der Waals surface area contributed by atoms with Gasteiger partial charge in [-0.05, 0) is 24.1 Å². The fourth-order valence-corrected chi connectivity index (χ4v) is 2.20. The Morgan fingerprint density at radius 3 is 2.95 bits per heavy atom. The summed E-state index contributed by atoms with van der Waals surface area (Å²) < 4.78 is 11.0. The molecular weight excluding hydrogens is 272 g/mol. The van der Waals surface area contributed by atoms with E-state index in [4.69, 9.17) is 9.47 Å². The van der Waals surface area contributed by atoms with Crippen molar-refractivity contribution in [3.63, 3.8) is 0 Å². The van der Waals surface area contributed by atoms with Gasteiger partial charge in [0.25, 0.3) is 0 Å². The topological polar surface area (TPSA) is 73.6 Å². The average molecular weight is 294 g/mol. The molecule has 0 bridgehead atoms. The zero-order valence-electron chi connectivity index (χ0n) is 12.5. The Kier molecular flexibility index (Phi) is 5.52. The molecular formula is C15H22N2O4. The number of benzene rings is 1. The minimum atomic E-state index is -0.406. The van der Waals surface area contributed by atoms with Gasteiger partial charge in [0, 0.05) is 19.0 Å². The SMILES string of the molecule is CC(C)CNCc1ccc([N+](=O)[O-])c(OC2CCOC2)c1. The van der Waals surface area contributed by atoms with Crippen LogP contribution < -0.4 is 10.1 Å². The van der Waals surface area contributed by atoms with E-state index >= 15 is 0 Å². The van der Waals surface area contributed by atoms with Crippen LogP contribution in [0.25, 0.3) is 0 Å². The lowest BCUT2D eigenvalue weighted by Gasteiger charge is -2.13. The van der Waals surface area contributed by atoms with E-state index in [-0.39, 0.29) is 11.8 Å². The molecule has 6 heteroatoms. The van der Waals surface area contributed by atoms with Crippen LogP contribution in [-0.2, 0) is 11.3 Å². The molecule has 1 aliphatic heterocycles. The molecule has 0 saturated carbocycles. The second-order valence-electron chi connectivity index (χ2n) is 5.69. The highest BCUT2D eigenvalue weighted by molar-refractivity contribution is 5.48. The normalized spacial score (nSPS) is 18.1. The van der Waals surface area contributed by atoms with E-state index in [9.17, 15) is 10.1 Å². The minimum Gasteiger partial charge on any atom is -0.481 e. The zero-order chi connectivity index (χ0) is 15.2. The number of nitrogens with zero attached hydrogens (tertiary/aromatic N) is 1. The van der Waals surface area contributed by atoms with E-state index in [1.165, 1.54) is 6.07 Å². The fraction of sp³-hybridized carbons (Fsp3) is 0.600. The molecule has 1 aromatic rings. The van der Waals surface area contributed by atoms with Crippen molar-refractivity contribution in [1.29, 1.82) is 0 Å². The Labute approximate surface area is 124 Å². The van der Waals surface area contributed by atoms with Crippen molar-refractivity contribution < 1.29 is 14.4 Å². The van der Waals surface area contributed by atoms with Gasteiger partial charge in [0.05, 0.1) is 18.1 Å². The molecule has 1 heterocycles. The first-order valence-electron chi connectivity index (χ1n) is 7.28. The molecule has 0 amide bonds. The van der Waals surface area contributed by atoms with Crippen LogP contribution in [0.1, 0.15) is 25.8 Å². The number of nitro benzene ring substituents is 1. The smallest absolute Gasteiger partial charge is 0.310 e. The molecule has 2 rings (SSSR count). The Morgan fingerprint density at radius 2 is 2.33 bits per heavy atom. The fourth-order valence-electron chi connectivity index (χ4n) is 2.20. The molecule has 116 valence electrons. The number of nitrogens with one attached hydrogen (secondary N) is 1. The lowest BCUT2D eigenvalue weighted by Crippen LogP contribution is -2.19. The van der Waals surface area contributed by atoms with Gasteiger partial charge in [0.1, 0.15) is 6.10 Å². The van der Waals surface area contributed by atoms with Crippen molar-refractivity contribution >= 4 is 5.69 Å². The number of hydrogen-bond donors (Lipinski definition) is 1. The van der Waals surface area contributed by atoms with Crippen molar-refractivity contribution in [2.45, 2.75) is 32.9 Å². The molecule has 1 atom stereocenters. The van der Waals surface area contributed by atoms with E-state index in [0.29, 0.717) is 31.4 Å². The molecule has 1 aliphatic rings. The predicted octanol–water partition coefficient (Wildman–Crippen LogP) is 2.51. The highest BCUT2D eigenvalue weighted by atomic mass is 16.6. The highest BCUT2D eigenvalue weighted by Crippen LogP contribution is 2.30. The van der Waals surface area contributed by atoms with E-state index in [2.05, 4.69) is 19.2 Å². The first-order valence-corrected chi connectivity index (χ1v) is 7.28. The molecule has 0 spiro atoms. The van der Waals surface area contributed by atoms with Crippen LogP contribution in [0.5, 0.6) is 5.75 Å². The maximum Gasteiger partial charge on any atom is 0.310 e. The van der Waals surface area contributed by atoms with Crippen molar-refractivity contribution in [2.24, 2.45) is 5.92 Å². The van der Waals surface area contributed by atoms with Crippen LogP contribution in [0.15, 0.2) is 18.2 Å². The van der Waals surface area contributed by atoms with Gasteiger partial charge in [0.15, 0.2) is 5.75 Å². The van der Waals surface area contributed by atoms with Gasteiger partial charge < -0.3 is 14.8 Å². The number of hydrogen-bond acceptors (Lipinski definition) is 5. The van der Waals surface area contributed by atoms with Crippen LogP contribution in [0.2, 0.25) is 0 Å². The van der Waals surface area contributed by atoms with Crippen LogP contribution in [0, 0.1) is 16.0 Å². The molecule has 6 nitrogen and oxygen atoms in total. The Balaban J connectivity index is 2.07. The lowest BCUT2D eigenvalue weighted by atomic mass is 10.1. The van der Waals surface area contributed by atoms with Crippen LogP contribution in [0.4, 0.5) is 5.69 Å². The molecule has 1 N–H and O–H groups in total. The second kappa shape index (κ2) is 7.38. The van der Waals surface area contributed by atoms with Crippen molar-refractivity contribution in [3.8, 4) is 5.75 Å². The quantitative estimate of drug-likeness (QED) is 0.618. The summed E-state index contributed by atoms with van der Waals surface area (Å²) in [5, 5.41) is 14.4. The van der Waals surface area contributed by atoms with Crippen molar-refractivity contribution in [3.05, 3.63) is 33.9 Å². The summed E-state index contributed by atoms with van der Waals surface area (Å²) in [7, 11) is 0. The number of nitro groups is 1.